The predicted molar refractivity (Wildman–Crippen MR) is 68.0 cm³/mol. The molecule has 0 saturated carbocycles. The monoisotopic (exact) mass is 241 g/mol. The zero-order valence-electron chi connectivity index (χ0n) is 9.04. The average Bonchev–Trinajstić information content (AvgIpc) is 2.68. The molecular weight excluding hydrogens is 226 g/mol. The number of aromatic amines is 1. The summed E-state index contributed by atoms with van der Waals surface area (Å²) in [5.74, 6) is 2.97. The molecular formula is C10H15N3S2. The van der Waals surface area contributed by atoms with Crippen LogP contribution in [0.1, 0.15) is 25.1 Å². The van der Waals surface area contributed by atoms with Crippen molar-refractivity contribution in [1.29, 1.82) is 0 Å². The lowest BCUT2D eigenvalue weighted by molar-refractivity contribution is 0.811. The summed E-state index contributed by atoms with van der Waals surface area (Å²) in [5, 5.41) is 0. The molecule has 0 fully saturated rings. The Labute approximate surface area is 99.3 Å². The number of fused-ring (bicyclic) bond motifs is 1. The van der Waals surface area contributed by atoms with Crippen molar-refractivity contribution in [3.05, 3.63) is 15.9 Å². The van der Waals surface area contributed by atoms with E-state index in [0.717, 1.165) is 35.2 Å². The molecule has 15 heavy (non-hydrogen) atoms. The molecule has 0 saturated heterocycles. The summed E-state index contributed by atoms with van der Waals surface area (Å²) in [4.78, 5) is 10.0. The first-order valence-corrected chi connectivity index (χ1v) is 6.77. The van der Waals surface area contributed by atoms with Crippen molar-refractivity contribution in [3.63, 3.8) is 0 Å². The average molecular weight is 241 g/mol. The van der Waals surface area contributed by atoms with Crippen LogP contribution in [-0.2, 0) is 11.5 Å². The molecule has 0 aromatic carbocycles. The molecule has 0 unspecified atom stereocenters. The lowest BCUT2D eigenvalue weighted by atomic mass is 10.3. The van der Waals surface area contributed by atoms with E-state index in [-0.39, 0.29) is 0 Å². The number of aromatic nitrogens is 2. The van der Waals surface area contributed by atoms with E-state index in [1.54, 1.807) is 0 Å². The maximum absolute atomic E-state index is 5.31. The van der Waals surface area contributed by atoms with Crippen LogP contribution in [0.5, 0.6) is 0 Å². The highest BCUT2D eigenvalue weighted by Gasteiger charge is 2.16. The summed E-state index contributed by atoms with van der Waals surface area (Å²) in [6.07, 6.45) is 0. The van der Waals surface area contributed by atoms with Crippen molar-refractivity contribution in [2.45, 2.75) is 25.4 Å². The van der Waals surface area contributed by atoms with Crippen LogP contribution in [0.3, 0.4) is 0 Å². The highest BCUT2D eigenvalue weighted by atomic mass is 32.2. The molecule has 1 aromatic heterocycles. The lowest BCUT2D eigenvalue weighted by Crippen LogP contribution is -2.24. The first-order valence-electron chi connectivity index (χ1n) is 5.21. The standard InChI is InChI=1S/C10H15N3S2/c1-3-13(4-2)10-11-8-6-15-5-7(8)9(14)12-10/h3-6H2,1-2H3,(H,11,12,14). The third kappa shape index (κ3) is 2.03. The third-order valence-electron chi connectivity index (χ3n) is 2.65. The van der Waals surface area contributed by atoms with Gasteiger partial charge < -0.3 is 9.88 Å². The number of thioether (sulfide) groups is 1. The minimum absolute atomic E-state index is 0.774. The Morgan fingerprint density at radius 3 is 2.80 bits per heavy atom. The maximum Gasteiger partial charge on any atom is 0.204 e. The van der Waals surface area contributed by atoms with Crippen LogP contribution in [0.2, 0.25) is 0 Å². The Morgan fingerprint density at radius 2 is 2.13 bits per heavy atom. The van der Waals surface area contributed by atoms with Crippen molar-refractivity contribution < 1.29 is 0 Å². The summed E-state index contributed by atoms with van der Waals surface area (Å²) in [7, 11) is 0. The minimum atomic E-state index is 0.774. The SMILES string of the molecule is CCN(CC)c1nc(=S)c2c([nH]1)CSC2. The van der Waals surface area contributed by atoms with Gasteiger partial charge in [0, 0.05) is 35.9 Å². The van der Waals surface area contributed by atoms with E-state index in [1.165, 1.54) is 11.3 Å². The fourth-order valence-corrected chi connectivity index (χ4v) is 3.17. The summed E-state index contributed by atoms with van der Waals surface area (Å²) < 4.78 is 0.774. The normalized spacial score (nSPS) is 14.0. The molecule has 2 heterocycles. The second-order valence-corrected chi connectivity index (χ2v) is 4.86. The fourth-order valence-electron chi connectivity index (χ4n) is 1.73. The zero-order valence-corrected chi connectivity index (χ0v) is 10.7. The summed E-state index contributed by atoms with van der Waals surface area (Å²) in [6.45, 7) is 6.18. The summed E-state index contributed by atoms with van der Waals surface area (Å²) in [5.41, 5.74) is 2.49. The second kappa shape index (κ2) is 4.53. The number of hydrogen-bond acceptors (Lipinski definition) is 4. The molecule has 1 aromatic rings. The number of nitrogens with zero attached hydrogens (tertiary/aromatic N) is 2. The van der Waals surface area contributed by atoms with Crippen LogP contribution in [-0.4, -0.2) is 23.1 Å². The Morgan fingerprint density at radius 1 is 1.40 bits per heavy atom. The van der Waals surface area contributed by atoms with Crippen LogP contribution < -0.4 is 4.90 Å². The van der Waals surface area contributed by atoms with E-state index in [4.69, 9.17) is 12.2 Å². The van der Waals surface area contributed by atoms with E-state index >= 15 is 0 Å². The second-order valence-electron chi connectivity index (χ2n) is 3.49. The molecule has 1 N–H and O–H groups in total. The minimum Gasteiger partial charge on any atom is -0.343 e. The van der Waals surface area contributed by atoms with Crippen molar-refractivity contribution >= 4 is 29.9 Å². The van der Waals surface area contributed by atoms with Gasteiger partial charge in [-0.3, -0.25) is 0 Å². The zero-order chi connectivity index (χ0) is 10.8. The quantitative estimate of drug-likeness (QED) is 0.825. The van der Waals surface area contributed by atoms with Gasteiger partial charge in [0.05, 0.1) is 0 Å². The lowest BCUT2D eigenvalue weighted by Gasteiger charge is -2.19. The fraction of sp³-hybridized carbons (Fsp3) is 0.600. The number of H-pyrrole nitrogens is 1. The molecule has 0 radical (unpaired) electrons. The van der Waals surface area contributed by atoms with Crippen molar-refractivity contribution in [1.82, 2.24) is 9.97 Å². The van der Waals surface area contributed by atoms with Gasteiger partial charge in [-0.2, -0.15) is 11.8 Å². The van der Waals surface area contributed by atoms with Gasteiger partial charge >= 0.3 is 0 Å². The number of anilines is 1. The number of hydrogen-bond donors (Lipinski definition) is 1. The van der Waals surface area contributed by atoms with Crippen LogP contribution in [0.15, 0.2) is 0 Å². The Balaban J connectivity index is 2.43. The molecule has 5 heteroatoms. The van der Waals surface area contributed by atoms with Crippen LogP contribution in [0.4, 0.5) is 5.95 Å². The maximum atomic E-state index is 5.31. The van der Waals surface area contributed by atoms with Gasteiger partial charge in [0.2, 0.25) is 5.95 Å². The largest absolute Gasteiger partial charge is 0.343 e. The predicted octanol–water partition coefficient (Wildman–Crippen LogP) is 2.73. The van der Waals surface area contributed by atoms with E-state index in [0.29, 0.717) is 0 Å². The first-order chi connectivity index (χ1) is 7.26. The van der Waals surface area contributed by atoms with Gasteiger partial charge in [-0.25, -0.2) is 4.98 Å². The Kier molecular flexibility index (Phi) is 3.31. The highest BCUT2D eigenvalue weighted by molar-refractivity contribution is 7.98. The van der Waals surface area contributed by atoms with Gasteiger partial charge in [0.1, 0.15) is 4.64 Å². The van der Waals surface area contributed by atoms with E-state index in [1.807, 2.05) is 11.8 Å². The topological polar surface area (TPSA) is 31.9 Å². The molecule has 1 aliphatic heterocycles. The van der Waals surface area contributed by atoms with Gasteiger partial charge in [-0.05, 0) is 13.8 Å². The molecule has 0 atom stereocenters. The molecule has 3 nitrogen and oxygen atoms in total. The number of rotatable bonds is 3. The molecule has 2 rings (SSSR count). The van der Waals surface area contributed by atoms with Crippen molar-refractivity contribution in [2.75, 3.05) is 18.0 Å². The van der Waals surface area contributed by atoms with Crippen LogP contribution >= 0.6 is 24.0 Å². The molecule has 0 spiro atoms. The van der Waals surface area contributed by atoms with E-state index < -0.39 is 0 Å². The molecule has 1 aliphatic rings. The third-order valence-corrected chi connectivity index (χ3v) is 3.97. The summed E-state index contributed by atoms with van der Waals surface area (Å²) in [6, 6.07) is 0. The van der Waals surface area contributed by atoms with Gasteiger partial charge in [-0.15, -0.1) is 0 Å². The van der Waals surface area contributed by atoms with Gasteiger partial charge in [0.25, 0.3) is 0 Å². The van der Waals surface area contributed by atoms with E-state index in [9.17, 15) is 0 Å². The van der Waals surface area contributed by atoms with E-state index in [2.05, 4.69) is 28.7 Å². The Hall–Kier alpha value is -0.550. The van der Waals surface area contributed by atoms with Crippen molar-refractivity contribution in [3.8, 4) is 0 Å². The molecule has 0 bridgehead atoms. The van der Waals surface area contributed by atoms with Crippen LogP contribution in [0.25, 0.3) is 0 Å². The highest BCUT2D eigenvalue weighted by Crippen LogP contribution is 2.29. The smallest absolute Gasteiger partial charge is 0.204 e. The molecule has 0 aliphatic carbocycles. The van der Waals surface area contributed by atoms with Gasteiger partial charge in [-0.1, -0.05) is 12.2 Å². The number of nitrogens with one attached hydrogen (secondary N) is 1. The van der Waals surface area contributed by atoms with Crippen molar-refractivity contribution in [2.24, 2.45) is 0 Å². The van der Waals surface area contributed by atoms with Crippen LogP contribution in [0, 0.1) is 4.64 Å². The Bertz CT molecular complexity index is 410. The molecule has 82 valence electrons. The summed E-state index contributed by atoms with van der Waals surface area (Å²) >= 11 is 7.21. The first kappa shape index (κ1) is 11.0. The van der Waals surface area contributed by atoms with Gasteiger partial charge in [0.15, 0.2) is 0 Å². The molecule has 0 amide bonds.